The number of aromatic nitrogens is 2. The first kappa shape index (κ1) is 19.0. The summed E-state index contributed by atoms with van der Waals surface area (Å²) < 4.78 is 1.08. The summed E-state index contributed by atoms with van der Waals surface area (Å²) in [4.78, 5) is 32.7. The minimum absolute atomic E-state index is 0.00261. The van der Waals surface area contributed by atoms with Crippen molar-refractivity contribution in [2.45, 2.75) is 23.1 Å². The van der Waals surface area contributed by atoms with Crippen molar-refractivity contribution >= 4 is 23.2 Å². The van der Waals surface area contributed by atoms with E-state index in [1.807, 2.05) is 54.6 Å². The molecule has 0 bridgehead atoms. The lowest BCUT2D eigenvalue weighted by Gasteiger charge is -2.16. The van der Waals surface area contributed by atoms with Gasteiger partial charge in [-0.2, -0.15) is 0 Å². The number of thioether (sulfide) groups is 1. The van der Waals surface area contributed by atoms with Gasteiger partial charge in [0.15, 0.2) is 0 Å². The van der Waals surface area contributed by atoms with Gasteiger partial charge < -0.3 is 5.11 Å². The molecule has 1 aromatic heterocycles. The molecule has 3 aromatic rings. The molecule has 2 aromatic carbocycles. The number of hydrogen-bond donors (Lipinski definition) is 2. The minimum atomic E-state index is -0.681. The van der Waals surface area contributed by atoms with Gasteiger partial charge in [0.2, 0.25) is 5.88 Å². The second-order valence-electron chi connectivity index (χ2n) is 6.60. The number of nitrogens with one attached hydrogen (secondary N) is 1. The maximum absolute atomic E-state index is 12.6. The van der Waals surface area contributed by atoms with E-state index in [9.17, 15) is 14.7 Å². The first-order valence-corrected chi connectivity index (χ1v) is 10.0. The van der Waals surface area contributed by atoms with E-state index in [0.29, 0.717) is 12.1 Å². The van der Waals surface area contributed by atoms with Gasteiger partial charge in [-0.25, -0.2) is 4.79 Å². The van der Waals surface area contributed by atoms with Crippen molar-refractivity contribution in [3.63, 3.8) is 0 Å². The summed E-state index contributed by atoms with van der Waals surface area (Å²) in [7, 11) is 0. The van der Waals surface area contributed by atoms with Crippen LogP contribution in [0.1, 0.15) is 22.8 Å². The Hall–Kier alpha value is -3.32. The van der Waals surface area contributed by atoms with Crippen LogP contribution in [0.25, 0.3) is 0 Å². The van der Waals surface area contributed by atoms with Gasteiger partial charge in [0.25, 0.3) is 5.56 Å². The molecule has 6 nitrogen and oxygen atoms in total. The van der Waals surface area contributed by atoms with Crippen LogP contribution in [0, 0.1) is 0 Å². The SMILES string of the molecule is C=CCn1c(O)c(C2=Nc3ccccc3SC(c3ccccc3)C2)c(=O)[nH]c1=O. The normalized spacial score (nSPS) is 15.9. The third kappa shape index (κ3) is 3.69. The Morgan fingerprint density at radius 2 is 1.90 bits per heavy atom. The number of H-pyrrole nitrogens is 1. The molecule has 1 atom stereocenters. The molecule has 0 spiro atoms. The molecule has 1 aliphatic rings. The second kappa shape index (κ2) is 7.97. The van der Waals surface area contributed by atoms with Gasteiger partial charge in [-0.1, -0.05) is 48.5 Å². The van der Waals surface area contributed by atoms with Gasteiger partial charge in [0, 0.05) is 23.1 Å². The fourth-order valence-corrected chi connectivity index (χ4v) is 4.57. The van der Waals surface area contributed by atoms with E-state index in [4.69, 9.17) is 4.99 Å². The molecular formula is C22H19N3O3S. The van der Waals surface area contributed by atoms with Crippen LogP contribution in [-0.2, 0) is 6.54 Å². The summed E-state index contributed by atoms with van der Waals surface area (Å²) >= 11 is 1.67. The molecule has 0 aliphatic carbocycles. The van der Waals surface area contributed by atoms with Crippen molar-refractivity contribution in [3.8, 4) is 5.88 Å². The summed E-state index contributed by atoms with van der Waals surface area (Å²) in [5.74, 6) is -0.395. The predicted molar refractivity (Wildman–Crippen MR) is 115 cm³/mol. The molecule has 0 radical (unpaired) electrons. The van der Waals surface area contributed by atoms with Gasteiger partial charge in [-0.05, 0) is 17.7 Å². The Kier molecular flexibility index (Phi) is 5.22. The van der Waals surface area contributed by atoms with Crippen LogP contribution >= 0.6 is 11.8 Å². The van der Waals surface area contributed by atoms with Gasteiger partial charge in [0.1, 0.15) is 5.56 Å². The fraction of sp³-hybridized carbons (Fsp3) is 0.136. The Morgan fingerprint density at radius 1 is 1.17 bits per heavy atom. The van der Waals surface area contributed by atoms with Crippen LogP contribution in [0.4, 0.5) is 5.69 Å². The van der Waals surface area contributed by atoms with Crippen LogP contribution < -0.4 is 11.2 Å². The molecule has 146 valence electrons. The van der Waals surface area contributed by atoms with Gasteiger partial charge >= 0.3 is 5.69 Å². The van der Waals surface area contributed by atoms with Crippen molar-refractivity contribution in [2.75, 3.05) is 0 Å². The number of allylic oxidation sites excluding steroid dienone is 1. The van der Waals surface area contributed by atoms with Crippen molar-refractivity contribution < 1.29 is 5.11 Å². The van der Waals surface area contributed by atoms with Crippen molar-refractivity contribution in [1.82, 2.24) is 9.55 Å². The number of para-hydroxylation sites is 1. The van der Waals surface area contributed by atoms with Crippen molar-refractivity contribution in [1.29, 1.82) is 0 Å². The number of hydrogen-bond acceptors (Lipinski definition) is 5. The van der Waals surface area contributed by atoms with E-state index < -0.39 is 17.1 Å². The number of rotatable bonds is 4. The van der Waals surface area contributed by atoms with Crippen LogP contribution in [0.5, 0.6) is 5.88 Å². The molecule has 0 saturated heterocycles. The smallest absolute Gasteiger partial charge is 0.331 e. The minimum Gasteiger partial charge on any atom is -0.494 e. The Morgan fingerprint density at radius 3 is 2.66 bits per heavy atom. The number of nitrogens with zero attached hydrogens (tertiary/aromatic N) is 2. The third-order valence-corrected chi connectivity index (χ3v) is 6.03. The molecule has 1 unspecified atom stereocenters. The number of fused-ring (bicyclic) bond motifs is 1. The molecule has 2 heterocycles. The number of aromatic amines is 1. The van der Waals surface area contributed by atoms with E-state index in [0.717, 1.165) is 20.7 Å². The lowest BCUT2D eigenvalue weighted by Crippen LogP contribution is -2.34. The standard InChI is InChI=1S/C22H19N3O3S/c1-2-12-25-21(27)19(20(26)24-22(25)28)16-13-18(14-8-4-3-5-9-14)29-17-11-7-6-10-15(17)23-16/h2-11,18,27H,1,12-13H2,(H,24,26,28). The Labute approximate surface area is 171 Å². The highest BCUT2D eigenvalue weighted by Gasteiger charge is 2.26. The van der Waals surface area contributed by atoms with Gasteiger partial charge in [-0.3, -0.25) is 19.3 Å². The topological polar surface area (TPSA) is 87.4 Å². The lowest BCUT2D eigenvalue weighted by atomic mass is 10.0. The molecule has 29 heavy (non-hydrogen) atoms. The zero-order valence-corrected chi connectivity index (χ0v) is 16.4. The maximum atomic E-state index is 12.6. The summed E-state index contributed by atoms with van der Waals surface area (Å²) in [6, 6.07) is 17.7. The highest BCUT2D eigenvalue weighted by molar-refractivity contribution is 7.99. The quantitative estimate of drug-likeness (QED) is 0.647. The average Bonchev–Trinajstić information content (AvgIpc) is 2.91. The van der Waals surface area contributed by atoms with E-state index in [2.05, 4.69) is 11.6 Å². The molecule has 0 saturated carbocycles. The molecular weight excluding hydrogens is 386 g/mol. The van der Waals surface area contributed by atoms with Crippen LogP contribution in [0.2, 0.25) is 0 Å². The molecule has 0 fully saturated rings. The van der Waals surface area contributed by atoms with E-state index in [1.54, 1.807) is 11.8 Å². The first-order chi connectivity index (χ1) is 14.1. The highest BCUT2D eigenvalue weighted by atomic mass is 32.2. The van der Waals surface area contributed by atoms with Crippen LogP contribution in [0.3, 0.4) is 0 Å². The lowest BCUT2D eigenvalue weighted by molar-refractivity contribution is 0.409. The zero-order valence-electron chi connectivity index (χ0n) is 15.5. The zero-order chi connectivity index (χ0) is 20.4. The molecule has 0 amide bonds. The second-order valence-corrected chi connectivity index (χ2v) is 7.85. The van der Waals surface area contributed by atoms with Gasteiger partial charge in [0.05, 0.1) is 11.4 Å². The summed E-state index contributed by atoms with van der Waals surface area (Å²) in [6.07, 6.45) is 1.91. The molecule has 4 rings (SSSR count). The Bertz CT molecular complexity index is 1210. The fourth-order valence-electron chi connectivity index (χ4n) is 3.34. The largest absolute Gasteiger partial charge is 0.494 e. The number of benzene rings is 2. The van der Waals surface area contributed by atoms with Gasteiger partial charge in [-0.15, -0.1) is 18.3 Å². The molecule has 2 N–H and O–H groups in total. The molecule has 7 heteroatoms. The van der Waals surface area contributed by atoms with E-state index in [1.165, 1.54) is 6.08 Å². The monoisotopic (exact) mass is 405 g/mol. The summed E-state index contributed by atoms with van der Waals surface area (Å²) in [6.45, 7) is 3.68. The average molecular weight is 405 g/mol. The van der Waals surface area contributed by atoms with E-state index >= 15 is 0 Å². The number of aliphatic imine (C=N–C) groups is 1. The number of aromatic hydroxyl groups is 1. The molecule has 1 aliphatic heterocycles. The maximum Gasteiger partial charge on any atom is 0.331 e. The van der Waals surface area contributed by atoms with Crippen LogP contribution in [0.15, 0.2) is 86.7 Å². The van der Waals surface area contributed by atoms with Crippen LogP contribution in [-0.4, -0.2) is 20.4 Å². The first-order valence-electron chi connectivity index (χ1n) is 9.14. The third-order valence-electron chi connectivity index (χ3n) is 4.71. The summed E-state index contributed by atoms with van der Waals surface area (Å²) in [5, 5.41) is 10.7. The predicted octanol–water partition coefficient (Wildman–Crippen LogP) is 3.79. The summed E-state index contributed by atoms with van der Waals surface area (Å²) in [5.41, 5.74) is 0.948. The van der Waals surface area contributed by atoms with E-state index in [-0.39, 0.29) is 17.4 Å². The van der Waals surface area contributed by atoms with Crippen molar-refractivity contribution in [2.24, 2.45) is 4.99 Å². The highest BCUT2D eigenvalue weighted by Crippen LogP contribution is 2.45. The van der Waals surface area contributed by atoms with Crippen molar-refractivity contribution in [3.05, 3.63) is 99.2 Å². The Balaban J connectivity index is 1.92.